The van der Waals surface area contributed by atoms with Crippen LogP contribution >= 0.6 is 0 Å². The third-order valence-electron chi connectivity index (χ3n) is 4.04. The van der Waals surface area contributed by atoms with Gasteiger partial charge >= 0.3 is 0 Å². The second kappa shape index (κ2) is 7.44. The van der Waals surface area contributed by atoms with Gasteiger partial charge in [0.1, 0.15) is 0 Å². The van der Waals surface area contributed by atoms with Gasteiger partial charge in [0, 0.05) is 12.1 Å². The van der Waals surface area contributed by atoms with Gasteiger partial charge in [0.25, 0.3) is 0 Å². The highest BCUT2D eigenvalue weighted by molar-refractivity contribution is 5.93. The van der Waals surface area contributed by atoms with Crippen LogP contribution in [-0.4, -0.2) is 12.5 Å². The molecule has 0 aliphatic heterocycles. The monoisotopic (exact) mass is 276 g/mol. The van der Waals surface area contributed by atoms with E-state index in [-0.39, 0.29) is 5.91 Å². The molecule has 0 heterocycles. The zero-order valence-corrected chi connectivity index (χ0v) is 13.4. The van der Waals surface area contributed by atoms with Crippen LogP contribution in [0.25, 0.3) is 0 Å². The van der Waals surface area contributed by atoms with E-state index in [9.17, 15) is 4.79 Å². The highest BCUT2D eigenvalue weighted by Gasteiger charge is 2.16. The number of nitrogens with two attached hydrogens (primary N) is 1. The van der Waals surface area contributed by atoms with Crippen molar-refractivity contribution in [3.05, 3.63) is 34.9 Å². The molecular formula is C17H28N2O. The Kier molecular flexibility index (Phi) is 6.21. The molecule has 3 nitrogen and oxygen atoms in total. The lowest BCUT2D eigenvalue weighted by atomic mass is 9.85. The minimum atomic E-state index is -0.368. The number of nitrogens with one attached hydrogen (secondary N) is 1. The fourth-order valence-electron chi connectivity index (χ4n) is 2.66. The Morgan fingerprint density at radius 2 is 1.80 bits per heavy atom. The molecule has 0 aliphatic rings. The Morgan fingerprint density at radius 3 is 2.25 bits per heavy atom. The Balaban J connectivity index is 2.60. The average Bonchev–Trinajstić information content (AvgIpc) is 2.34. The lowest BCUT2D eigenvalue weighted by molar-refractivity contribution is 0.1000. The van der Waals surface area contributed by atoms with Crippen molar-refractivity contribution in [2.75, 3.05) is 6.54 Å². The van der Waals surface area contributed by atoms with E-state index in [2.05, 4.69) is 33.0 Å². The largest absolute Gasteiger partial charge is 0.366 e. The van der Waals surface area contributed by atoms with Crippen LogP contribution in [-0.2, 0) is 6.54 Å². The number of primary amides is 1. The SMILES string of the molecule is Cc1cc(C(N)=O)ccc1CNCC(C(C)C)C(C)C. The fourth-order valence-corrected chi connectivity index (χ4v) is 2.66. The number of carbonyl (C=O) groups excluding carboxylic acids is 1. The van der Waals surface area contributed by atoms with Crippen molar-refractivity contribution in [1.29, 1.82) is 0 Å². The number of amides is 1. The third-order valence-corrected chi connectivity index (χ3v) is 4.04. The first-order valence-electron chi connectivity index (χ1n) is 7.43. The first-order chi connectivity index (χ1) is 9.32. The van der Waals surface area contributed by atoms with E-state index in [0.29, 0.717) is 23.3 Å². The first-order valence-corrected chi connectivity index (χ1v) is 7.43. The lowest BCUT2D eigenvalue weighted by Crippen LogP contribution is -2.29. The molecule has 3 heteroatoms. The van der Waals surface area contributed by atoms with Crippen molar-refractivity contribution in [3.63, 3.8) is 0 Å². The van der Waals surface area contributed by atoms with Gasteiger partial charge in [-0.05, 0) is 54.5 Å². The van der Waals surface area contributed by atoms with Gasteiger partial charge in [-0.3, -0.25) is 4.79 Å². The maximum atomic E-state index is 11.1. The molecule has 112 valence electrons. The maximum Gasteiger partial charge on any atom is 0.248 e. The number of hydrogen-bond acceptors (Lipinski definition) is 2. The Morgan fingerprint density at radius 1 is 1.20 bits per heavy atom. The van der Waals surface area contributed by atoms with Crippen LogP contribution in [0.4, 0.5) is 0 Å². The summed E-state index contributed by atoms with van der Waals surface area (Å²) in [5.41, 5.74) is 8.20. The predicted molar refractivity (Wildman–Crippen MR) is 84.6 cm³/mol. The Bertz CT molecular complexity index is 444. The molecule has 20 heavy (non-hydrogen) atoms. The van der Waals surface area contributed by atoms with Gasteiger partial charge in [0.05, 0.1) is 0 Å². The van der Waals surface area contributed by atoms with Gasteiger partial charge in [-0.25, -0.2) is 0 Å². The molecule has 1 aromatic carbocycles. The molecule has 0 aliphatic carbocycles. The summed E-state index contributed by atoms with van der Waals surface area (Å²) in [5, 5.41) is 3.54. The van der Waals surface area contributed by atoms with Crippen molar-refractivity contribution in [3.8, 4) is 0 Å². The number of benzene rings is 1. The van der Waals surface area contributed by atoms with Crippen molar-refractivity contribution in [1.82, 2.24) is 5.32 Å². The molecule has 1 rings (SSSR count). The summed E-state index contributed by atoms with van der Waals surface area (Å²) in [6.07, 6.45) is 0. The number of carbonyl (C=O) groups is 1. The Hall–Kier alpha value is -1.35. The molecule has 0 unspecified atom stereocenters. The van der Waals surface area contributed by atoms with Crippen LogP contribution in [0.2, 0.25) is 0 Å². The van der Waals surface area contributed by atoms with Crippen LogP contribution in [0.5, 0.6) is 0 Å². The van der Waals surface area contributed by atoms with Crippen LogP contribution < -0.4 is 11.1 Å². The van der Waals surface area contributed by atoms with Crippen LogP contribution in [0.15, 0.2) is 18.2 Å². The number of hydrogen-bond donors (Lipinski definition) is 2. The maximum absolute atomic E-state index is 11.1. The van der Waals surface area contributed by atoms with Crippen LogP contribution in [0.3, 0.4) is 0 Å². The third kappa shape index (κ3) is 4.64. The molecule has 0 fully saturated rings. The van der Waals surface area contributed by atoms with Gasteiger partial charge in [0.15, 0.2) is 0 Å². The second-order valence-corrected chi connectivity index (χ2v) is 6.29. The second-order valence-electron chi connectivity index (χ2n) is 6.29. The smallest absolute Gasteiger partial charge is 0.248 e. The van der Waals surface area contributed by atoms with E-state index in [4.69, 9.17) is 5.73 Å². The molecule has 0 bridgehead atoms. The van der Waals surface area contributed by atoms with Crippen LogP contribution in [0.1, 0.15) is 49.2 Å². The molecule has 0 saturated carbocycles. The molecule has 0 atom stereocenters. The minimum Gasteiger partial charge on any atom is -0.366 e. The van der Waals surface area contributed by atoms with E-state index < -0.39 is 0 Å². The van der Waals surface area contributed by atoms with Gasteiger partial charge < -0.3 is 11.1 Å². The van der Waals surface area contributed by atoms with E-state index in [1.807, 2.05) is 19.1 Å². The van der Waals surface area contributed by atoms with Crippen LogP contribution in [0, 0.1) is 24.7 Å². The summed E-state index contributed by atoms with van der Waals surface area (Å²) in [6.45, 7) is 13.0. The summed E-state index contributed by atoms with van der Waals surface area (Å²) < 4.78 is 0. The summed E-state index contributed by atoms with van der Waals surface area (Å²) in [6, 6.07) is 5.65. The highest BCUT2D eigenvalue weighted by atomic mass is 16.1. The molecule has 0 radical (unpaired) electrons. The molecule has 3 N–H and O–H groups in total. The Labute approximate surface area is 122 Å². The molecular weight excluding hydrogens is 248 g/mol. The molecule has 1 amide bonds. The van der Waals surface area contributed by atoms with Gasteiger partial charge in [-0.15, -0.1) is 0 Å². The summed E-state index contributed by atoms with van der Waals surface area (Å²) in [4.78, 5) is 11.1. The van der Waals surface area contributed by atoms with Crippen molar-refractivity contribution >= 4 is 5.91 Å². The normalized spacial score (nSPS) is 11.6. The standard InChI is InChI=1S/C17H28N2O/c1-11(2)16(12(3)4)10-19-9-15-7-6-14(17(18)20)8-13(15)5/h6-8,11-12,16,19H,9-10H2,1-5H3,(H2,18,20). The lowest BCUT2D eigenvalue weighted by Gasteiger charge is -2.25. The minimum absolute atomic E-state index is 0.368. The molecule has 0 saturated heterocycles. The summed E-state index contributed by atoms with van der Waals surface area (Å²) in [7, 11) is 0. The van der Waals surface area contributed by atoms with E-state index in [1.54, 1.807) is 6.07 Å². The van der Waals surface area contributed by atoms with Crippen molar-refractivity contribution in [2.45, 2.75) is 41.2 Å². The van der Waals surface area contributed by atoms with Crippen molar-refractivity contribution in [2.24, 2.45) is 23.5 Å². The van der Waals surface area contributed by atoms with E-state index >= 15 is 0 Å². The van der Waals surface area contributed by atoms with Gasteiger partial charge in [0.2, 0.25) is 5.91 Å². The first kappa shape index (κ1) is 16.7. The number of rotatable bonds is 7. The topological polar surface area (TPSA) is 55.1 Å². The highest BCUT2D eigenvalue weighted by Crippen LogP contribution is 2.19. The summed E-state index contributed by atoms with van der Waals surface area (Å²) >= 11 is 0. The predicted octanol–water partition coefficient (Wildman–Crippen LogP) is 3.11. The fraction of sp³-hybridized carbons (Fsp3) is 0.588. The van der Waals surface area contributed by atoms with Gasteiger partial charge in [-0.2, -0.15) is 0 Å². The quantitative estimate of drug-likeness (QED) is 0.804. The van der Waals surface area contributed by atoms with Crippen molar-refractivity contribution < 1.29 is 4.79 Å². The molecule has 1 aromatic rings. The molecule has 0 spiro atoms. The van der Waals surface area contributed by atoms with E-state index in [1.165, 1.54) is 5.56 Å². The zero-order chi connectivity index (χ0) is 15.3. The van der Waals surface area contributed by atoms with E-state index in [0.717, 1.165) is 18.7 Å². The zero-order valence-electron chi connectivity index (χ0n) is 13.4. The molecule has 0 aromatic heterocycles. The average molecular weight is 276 g/mol. The number of aryl methyl sites for hydroxylation is 1. The summed E-state index contributed by atoms with van der Waals surface area (Å²) in [5.74, 6) is 1.68. The van der Waals surface area contributed by atoms with Gasteiger partial charge in [-0.1, -0.05) is 33.8 Å².